The number of unbranched alkanes of at least 4 members (excludes halogenated alkanes) is 8. The highest BCUT2D eigenvalue weighted by atomic mass is 16.5. The third-order valence-corrected chi connectivity index (χ3v) is 3.65. The average Bonchev–Trinajstić information content (AvgIpc) is 2.45. The fourth-order valence-corrected chi connectivity index (χ4v) is 2.42. The van der Waals surface area contributed by atoms with Gasteiger partial charge in [0.25, 0.3) is 0 Å². The van der Waals surface area contributed by atoms with Gasteiger partial charge in [-0.15, -0.1) is 0 Å². The van der Waals surface area contributed by atoms with E-state index in [1.54, 1.807) is 0 Å². The van der Waals surface area contributed by atoms with Gasteiger partial charge in [-0.25, -0.2) is 0 Å². The van der Waals surface area contributed by atoms with E-state index in [1.807, 2.05) is 0 Å². The lowest BCUT2D eigenvalue weighted by molar-refractivity contribution is -0.146. The summed E-state index contributed by atoms with van der Waals surface area (Å²) in [6.07, 6.45) is 18.6. The number of allylic oxidation sites excluding steroid dienone is 1. The predicted molar refractivity (Wildman–Crippen MR) is 91.1 cm³/mol. The molecule has 1 atom stereocenters. The van der Waals surface area contributed by atoms with Gasteiger partial charge in [0.15, 0.2) is 0 Å². The number of carbonyl (C=O) groups excluding carboxylic acids is 1. The molecule has 2 heteroatoms. The van der Waals surface area contributed by atoms with E-state index in [9.17, 15) is 4.79 Å². The van der Waals surface area contributed by atoms with Crippen molar-refractivity contribution >= 4 is 5.97 Å². The third kappa shape index (κ3) is 15.4. The Morgan fingerprint density at radius 3 is 2.43 bits per heavy atom. The monoisotopic (exact) mass is 295 g/mol. The Balaban J connectivity index is 3.75. The minimum Gasteiger partial charge on any atom is -0.462 e. The fraction of sp³-hybridized carbons (Fsp3) is 0.789. The van der Waals surface area contributed by atoms with Crippen molar-refractivity contribution in [3.05, 3.63) is 19.1 Å². The van der Waals surface area contributed by atoms with Crippen LogP contribution in [-0.2, 0) is 9.53 Å². The van der Waals surface area contributed by atoms with Gasteiger partial charge in [0.05, 0.1) is 0 Å². The Kier molecular flexibility index (Phi) is 15.0. The smallest absolute Gasteiger partial charge is 0.302 e. The minimum absolute atomic E-state index is 0.0711. The Labute approximate surface area is 132 Å². The van der Waals surface area contributed by atoms with E-state index in [0.29, 0.717) is 0 Å². The van der Waals surface area contributed by atoms with E-state index in [-0.39, 0.29) is 12.1 Å². The zero-order valence-corrected chi connectivity index (χ0v) is 14.2. The van der Waals surface area contributed by atoms with Crippen LogP contribution >= 0.6 is 0 Å². The maximum Gasteiger partial charge on any atom is 0.302 e. The second kappa shape index (κ2) is 15.6. The lowest BCUT2D eigenvalue weighted by Crippen LogP contribution is -2.15. The van der Waals surface area contributed by atoms with Crippen LogP contribution < -0.4 is 0 Å². The molecule has 0 bridgehead atoms. The van der Waals surface area contributed by atoms with Crippen LogP contribution in [0.3, 0.4) is 0 Å². The van der Waals surface area contributed by atoms with E-state index in [1.165, 1.54) is 51.9 Å². The molecular weight excluding hydrogens is 260 g/mol. The second-order valence-corrected chi connectivity index (χ2v) is 5.84. The van der Waals surface area contributed by atoms with Crippen LogP contribution in [0.4, 0.5) is 0 Å². The molecule has 0 aliphatic carbocycles. The highest BCUT2D eigenvalue weighted by Crippen LogP contribution is 2.13. The summed E-state index contributed by atoms with van der Waals surface area (Å²) in [5.41, 5.74) is 0. The second-order valence-electron chi connectivity index (χ2n) is 5.84. The van der Waals surface area contributed by atoms with Crippen molar-refractivity contribution in [2.24, 2.45) is 0 Å². The molecule has 2 nitrogen and oxygen atoms in total. The lowest BCUT2D eigenvalue weighted by Gasteiger charge is -2.15. The summed E-state index contributed by atoms with van der Waals surface area (Å²) in [4.78, 5) is 11.1. The van der Waals surface area contributed by atoms with Crippen LogP contribution in [0.15, 0.2) is 12.2 Å². The maximum absolute atomic E-state index is 11.1. The molecule has 0 rings (SSSR count). The molecule has 0 unspecified atom stereocenters. The number of rotatable bonds is 14. The molecule has 0 aliphatic rings. The first-order chi connectivity index (χ1) is 10.2. The Hall–Kier alpha value is -0.790. The van der Waals surface area contributed by atoms with E-state index < -0.39 is 0 Å². The van der Waals surface area contributed by atoms with Crippen molar-refractivity contribution in [2.75, 3.05) is 0 Å². The summed E-state index contributed by atoms with van der Waals surface area (Å²) < 4.78 is 5.39. The molecule has 0 spiro atoms. The first-order valence-electron chi connectivity index (χ1n) is 8.82. The summed E-state index contributed by atoms with van der Waals surface area (Å²) in [6, 6.07) is 0. The first-order valence-corrected chi connectivity index (χ1v) is 8.82. The van der Waals surface area contributed by atoms with E-state index >= 15 is 0 Å². The molecule has 0 N–H and O–H groups in total. The summed E-state index contributed by atoms with van der Waals surface area (Å²) in [5, 5.41) is 0. The SMILES string of the molecule is [CH2]CCCCCC/C=C\C[C@@H](CCCCCC)OC(C)=O. The molecule has 0 aliphatic heterocycles. The molecule has 0 aromatic heterocycles. The molecule has 21 heavy (non-hydrogen) atoms. The molecule has 0 heterocycles. The van der Waals surface area contributed by atoms with Crippen LogP contribution in [0.25, 0.3) is 0 Å². The number of esters is 1. The van der Waals surface area contributed by atoms with Gasteiger partial charge in [-0.05, 0) is 25.7 Å². The van der Waals surface area contributed by atoms with Gasteiger partial charge < -0.3 is 4.74 Å². The van der Waals surface area contributed by atoms with Crippen molar-refractivity contribution in [3.63, 3.8) is 0 Å². The van der Waals surface area contributed by atoms with Crippen molar-refractivity contribution in [3.8, 4) is 0 Å². The maximum atomic E-state index is 11.1. The van der Waals surface area contributed by atoms with Crippen LogP contribution in [-0.4, -0.2) is 12.1 Å². The van der Waals surface area contributed by atoms with Crippen molar-refractivity contribution in [1.82, 2.24) is 0 Å². The number of hydrogen-bond acceptors (Lipinski definition) is 2. The van der Waals surface area contributed by atoms with Crippen molar-refractivity contribution in [2.45, 2.75) is 97.0 Å². The number of carbonyl (C=O) groups is 1. The van der Waals surface area contributed by atoms with Gasteiger partial charge in [-0.1, -0.05) is 70.9 Å². The minimum atomic E-state index is -0.155. The molecule has 123 valence electrons. The van der Waals surface area contributed by atoms with Crippen LogP contribution in [0.5, 0.6) is 0 Å². The molecule has 0 aromatic carbocycles. The molecule has 1 radical (unpaired) electrons. The van der Waals surface area contributed by atoms with Gasteiger partial charge in [0.1, 0.15) is 6.10 Å². The highest BCUT2D eigenvalue weighted by Gasteiger charge is 2.09. The van der Waals surface area contributed by atoms with Gasteiger partial charge in [0, 0.05) is 13.3 Å². The van der Waals surface area contributed by atoms with E-state index in [0.717, 1.165) is 32.1 Å². The Morgan fingerprint density at radius 2 is 1.76 bits per heavy atom. The average molecular weight is 295 g/mol. The number of hydrogen-bond donors (Lipinski definition) is 0. The topological polar surface area (TPSA) is 26.3 Å². The third-order valence-electron chi connectivity index (χ3n) is 3.65. The molecule has 0 saturated heterocycles. The number of ether oxygens (including phenoxy) is 1. The Morgan fingerprint density at radius 1 is 1.05 bits per heavy atom. The van der Waals surface area contributed by atoms with Gasteiger partial charge >= 0.3 is 5.97 Å². The molecule has 0 saturated carbocycles. The zero-order chi connectivity index (χ0) is 15.8. The first kappa shape index (κ1) is 20.2. The fourth-order valence-electron chi connectivity index (χ4n) is 2.42. The zero-order valence-electron chi connectivity index (χ0n) is 14.2. The summed E-state index contributed by atoms with van der Waals surface area (Å²) in [6.45, 7) is 7.57. The van der Waals surface area contributed by atoms with Crippen molar-refractivity contribution in [1.29, 1.82) is 0 Å². The molecular formula is C19H35O2. The van der Waals surface area contributed by atoms with E-state index in [4.69, 9.17) is 4.74 Å². The highest BCUT2D eigenvalue weighted by molar-refractivity contribution is 5.66. The normalized spacial score (nSPS) is 12.7. The quantitative estimate of drug-likeness (QED) is 0.223. The van der Waals surface area contributed by atoms with Gasteiger partial charge in [-0.3, -0.25) is 4.79 Å². The lowest BCUT2D eigenvalue weighted by atomic mass is 10.1. The largest absolute Gasteiger partial charge is 0.462 e. The molecule has 0 aromatic rings. The molecule has 0 fully saturated rings. The summed E-state index contributed by atoms with van der Waals surface area (Å²) in [5.74, 6) is -0.155. The van der Waals surface area contributed by atoms with Gasteiger partial charge in [0.2, 0.25) is 0 Å². The summed E-state index contributed by atoms with van der Waals surface area (Å²) >= 11 is 0. The van der Waals surface area contributed by atoms with Gasteiger partial charge in [-0.2, -0.15) is 0 Å². The van der Waals surface area contributed by atoms with Crippen LogP contribution in [0.1, 0.15) is 90.9 Å². The van der Waals surface area contributed by atoms with Crippen LogP contribution in [0, 0.1) is 6.92 Å². The van der Waals surface area contributed by atoms with Crippen LogP contribution in [0.2, 0.25) is 0 Å². The molecule has 0 amide bonds. The van der Waals surface area contributed by atoms with Crippen molar-refractivity contribution < 1.29 is 9.53 Å². The predicted octanol–water partition coefficient (Wildman–Crippen LogP) is 6.01. The Bertz CT molecular complexity index is 258. The van der Waals surface area contributed by atoms with E-state index in [2.05, 4.69) is 26.0 Å². The summed E-state index contributed by atoms with van der Waals surface area (Å²) in [7, 11) is 0. The standard InChI is InChI=1S/C19H35O2/c1-4-6-8-10-11-12-13-15-17-19(21-18(3)20)16-14-9-7-5-2/h13,15,19H,1,4-12,14,16-17H2,2-3H3/b15-13-/t19-/m1/s1.